The van der Waals surface area contributed by atoms with Crippen LogP contribution in [0.4, 0.5) is 5.69 Å². The Morgan fingerprint density at radius 2 is 2.14 bits per heavy atom. The van der Waals surface area contributed by atoms with Crippen molar-refractivity contribution in [3.8, 4) is 5.75 Å². The van der Waals surface area contributed by atoms with Crippen LogP contribution >= 0.6 is 22.9 Å². The highest BCUT2D eigenvalue weighted by Gasteiger charge is 2.18. The van der Waals surface area contributed by atoms with Crippen molar-refractivity contribution in [3.63, 3.8) is 0 Å². The number of methoxy groups -OCH3 is 1. The minimum absolute atomic E-state index is 0.271. The second kappa shape index (κ2) is 5.71. The highest BCUT2D eigenvalue weighted by Crippen LogP contribution is 2.36. The second-order valence-electron chi connectivity index (χ2n) is 4.27. The molecule has 2 heterocycles. The number of thiophene rings is 1. The number of carbonyl (C=O) groups excluding carboxylic acids is 1. The van der Waals surface area contributed by atoms with Gasteiger partial charge in [-0.15, -0.1) is 11.3 Å². The summed E-state index contributed by atoms with van der Waals surface area (Å²) in [5, 5.41) is 4.13. The Morgan fingerprint density at radius 1 is 1.33 bits per heavy atom. The smallest absolute Gasteiger partial charge is 0.267 e. The van der Waals surface area contributed by atoms with E-state index in [-0.39, 0.29) is 5.91 Å². The molecule has 0 saturated carbocycles. The summed E-state index contributed by atoms with van der Waals surface area (Å²) >= 11 is 7.65. The summed E-state index contributed by atoms with van der Waals surface area (Å²) in [7, 11) is 1.54. The highest BCUT2D eigenvalue weighted by atomic mass is 35.5. The zero-order chi connectivity index (χ0) is 14.8. The predicted molar refractivity (Wildman–Crippen MR) is 85.6 cm³/mol. The van der Waals surface area contributed by atoms with Gasteiger partial charge >= 0.3 is 0 Å². The standard InChI is InChI=1S/C15H11ClN2O2S/c1-20-11-6-7-17-8-10(11)18-15(19)14-13(16)9-4-2-3-5-12(9)21-14/h2-8H,1H3,(H,18,19). The monoisotopic (exact) mass is 318 g/mol. The first-order valence-electron chi connectivity index (χ1n) is 6.17. The van der Waals surface area contributed by atoms with Gasteiger partial charge in [0, 0.05) is 22.3 Å². The van der Waals surface area contributed by atoms with Crippen LogP contribution in [0.1, 0.15) is 9.67 Å². The number of halogens is 1. The average molecular weight is 319 g/mol. The molecule has 0 spiro atoms. The molecular formula is C15H11ClN2O2S. The molecule has 0 atom stereocenters. The van der Waals surface area contributed by atoms with Crippen molar-refractivity contribution in [2.24, 2.45) is 0 Å². The minimum atomic E-state index is -0.271. The molecule has 106 valence electrons. The Labute approximate surface area is 130 Å². The van der Waals surface area contributed by atoms with Crippen LogP contribution < -0.4 is 10.1 Å². The lowest BCUT2D eigenvalue weighted by Crippen LogP contribution is -2.11. The number of hydrogen-bond acceptors (Lipinski definition) is 4. The zero-order valence-corrected chi connectivity index (χ0v) is 12.7. The van der Waals surface area contributed by atoms with Gasteiger partial charge in [-0.3, -0.25) is 9.78 Å². The molecule has 0 saturated heterocycles. The van der Waals surface area contributed by atoms with Gasteiger partial charge in [-0.1, -0.05) is 29.8 Å². The quantitative estimate of drug-likeness (QED) is 0.787. The van der Waals surface area contributed by atoms with Crippen molar-refractivity contribution in [2.75, 3.05) is 12.4 Å². The first-order chi connectivity index (χ1) is 10.2. The third-order valence-corrected chi connectivity index (χ3v) is 4.66. The maximum Gasteiger partial charge on any atom is 0.267 e. The molecule has 2 aromatic heterocycles. The topological polar surface area (TPSA) is 51.2 Å². The molecule has 6 heteroatoms. The molecule has 0 aliphatic carbocycles. The number of anilines is 1. The molecule has 1 N–H and O–H groups in total. The van der Waals surface area contributed by atoms with Gasteiger partial charge in [0.15, 0.2) is 0 Å². The van der Waals surface area contributed by atoms with Crippen molar-refractivity contribution >= 4 is 44.6 Å². The molecule has 0 fully saturated rings. The van der Waals surface area contributed by atoms with E-state index in [1.54, 1.807) is 12.3 Å². The van der Waals surface area contributed by atoms with Gasteiger partial charge in [0.1, 0.15) is 16.3 Å². The normalized spacial score (nSPS) is 10.6. The van der Waals surface area contributed by atoms with Crippen molar-refractivity contribution in [2.45, 2.75) is 0 Å². The van der Waals surface area contributed by atoms with Gasteiger partial charge in [-0.25, -0.2) is 0 Å². The van der Waals surface area contributed by atoms with Crippen LogP contribution in [-0.4, -0.2) is 18.0 Å². The summed E-state index contributed by atoms with van der Waals surface area (Å²) in [5.41, 5.74) is 0.513. The number of fused-ring (bicyclic) bond motifs is 1. The Hall–Kier alpha value is -2.11. The molecule has 0 aliphatic heterocycles. The van der Waals surface area contributed by atoms with Crippen LogP contribution in [0.2, 0.25) is 5.02 Å². The van der Waals surface area contributed by atoms with Gasteiger partial charge < -0.3 is 10.1 Å². The number of rotatable bonds is 3. The lowest BCUT2D eigenvalue weighted by atomic mass is 10.2. The molecule has 0 unspecified atom stereocenters. The Bertz CT molecular complexity index is 816. The molecule has 4 nitrogen and oxygen atoms in total. The van der Waals surface area contributed by atoms with E-state index in [0.717, 1.165) is 10.1 Å². The van der Waals surface area contributed by atoms with E-state index >= 15 is 0 Å². The zero-order valence-electron chi connectivity index (χ0n) is 11.1. The van der Waals surface area contributed by atoms with E-state index < -0.39 is 0 Å². The maximum atomic E-state index is 12.4. The van der Waals surface area contributed by atoms with Crippen LogP contribution in [0.15, 0.2) is 42.7 Å². The Kier molecular flexibility index (Phi) is 3.77. The van der Waals surface area contributed by atoms with E-state index in [0.29, 0.717) is 21.3 Å². The van der Waals surface area contributed by atoms with Gasteiger partial charge in [-0.2, -0.15) is 0 Å². The molecule has 3 aromatic rings. The van der Waals surface area contributed by atoms with Crippen LogP contribution in [-0.2, 0) is 0 Å². The van der Waals surface area contributed by atoms with Crippen LogP contribution in [0.25, 0.3) is 10.1 Å². The summed E-state index contributed by atoms with van der Waals surface area (Å²) in [6.45, 7) is 0. The number of pyridine rings is 1. The Morgan fingerprint density at radius 3 is 2.90 bits per heavy atom. The van der Waals surface area contributed by atoms with Crippen LogP contribution in [0.3, 0.4) is 0 Å². The molecular weight excluding hydrogens is 308 g/mol. The fraction of sp³-hybridized carbons (Fsp3) is 0.0667. The number of ether oxygens (including phenoxy) is 1. The fourth-order valence-corrected chi connectivity index (χ4v) is 3.40. The van der Waals surface area contributed by atoms with Gasteiger partial charge in [-0.05, 0) is 6.07 Å². The maximum absolute atomic E-state index is 12.4. The molecule has 21 heavy (non-hydrogen) atoms. The Balaban J connectivity index is 1.96. The molecule has 1 amide bonds. The molecule has 0 bridgehead atoms. The number of carbonyl (C=O) groups is 1. The second-order valence-corrected chi connectivity index (χ2v) is 5.70. The van der Waals surface area contributed by atoms with E-state index in [9.17, 15) is 4.79 Å². The van der Waals surface area contributed by atoms with Gasteiger partial charge in [0.2, 0.25) is 0 Å². The number of amides is 1. The summed E-state index contributed by atoms with van der Waals surface area (Å²) in [4.78, 5) is 16.9. The summed E-state index contributed by atoms with van der Waals surface area (Å²) < 4.78 is 6.16. The lowest BCUT2D eigenvalue weighted by Gasteiger charge is -2.08. The number of hydrogen-bond donors (Lipinski definition) is 1. The van der Waals surface area contributed by atoms with E-state index in [1.807, 2.05) is 24.3 Å². The summed E-state index contributed by atoms with van der Waals surface area (Å²) in [6, 6.07) is 9.33. The lowest BCUT2D eigenvalue weighted by molar-refractivity contribution is 0.103. The third-order valence-electron chi connectivity index (χ3n) is 2.99. The fourth-order valence-electron chi connectivity index (χ4n) is 1.99. The average Bonchev–Trinajstić information content (AvgIpc) is 2.85. The van der Waals surface area contributed by atoms with Gasteiger partial charge in [0.05, 0.1) is 18.3 Å². The summed E-state index contributed by atoms with van der Waals surface area (Å²) in [5.74, 6) is 0.281. The number of nitrogens with one attached hydrogen (secondary N) is 1. The van der Waals surface area contributed by atoms with Crippen LogP contribution in [0.5, 0.6) is 5.75 Å². The molecule has 3 rings (SSSR count). The van der Waals surface area contributed by atoms with Crippen molar-refractivity contribution in [1.82, 2.24) is 4.98 Å². The van der Waals surface area contributed by atoms with E-state index in [1.165, 1.54) is 24.6 Å². The SMILES string of the molecule is COc1ccncc1NC(=O)c1sc2ccccc2c1Cl. The third kappa shape index (κ3) is 2.57. The van der Waals surface area contributed by atoms with E-state index in [4.69, 9.17) is 16.3 Å². The number of aromatic nitrogens is 1. The van der Waals surface area contributed by atoms with Crippen molar-refractivity contribution in [1.29, 1.82) is 0 Å². The number of benzene rings is 1. The van der Waals surface area contributed by atoms with Crippen molar-refractivity contribution in [3.05, 3.63) is 52.6 Å². The first-order valence-corrected chi connectivity index (χ1v) is 7.36. The highest BCUT2D eigenvalue weighted by molar-refractivity contribution is 7.21. The minimum Gasteiger partial charge on any atom is -0.494 e. The van der Waals surface area contributed by atoms with E-state index in [2.05, 4.69) is 10.3 Å². The predicted octanol–water partition coefficient (Wildman–Crippen LogP) is 4.21. The van der Waals surface area contributed by atoms with Crippen molar-refractivity contribution < 1.29 is 9.53 Å². The molecule has 0 radical (unpaired) electrons. The van der Waals surface area contributed by atoms with Gasteiger partial charge in [0.25, 0.3) is 5.91 Å². The molecule has 0 aliphatic rings. The van der Waals surface area contributed by atoms with Crippen LogP contribution in [0, 0.1) is 0 Å². The number of nitrogens with zero attached hydrogens (tertiary/aromatic N) is 1. The largest absolute Gasteiger partial charge is 0.494 e. The first kappa shape index (κ1) is 13.9. The molecule has 1 aromatic carbocycles. The summed E-state index contributed by atoms with van der Waals surface area (Å²) in [6.07, 6.45) is 3.14.